The molecule has 1 aliphatic rings. The SMILES string of the molecule is CCOCCCN(C(=O)c1ccc(-c2ccccc2)[nH]1)[C@@H](C(=O)NC1CCCC1)c1ccc(OC)cc1. The number of rotatable bonds is 12. The van der Waals surface area contributed by atoms with E-state index in [1.54, 1.807) is 18.1 Å². The second-order valence-corrected chi connectivity index (χ2v) is 9.37. The van der Waals surface area contributed by atoms with Crippen LogP contribution in [0.3, 0.4) is 0 Å². The summed E-state index contributed by atoms with van der Waals surface area (Å²) in [5.41, 5.74) is 3.04. The van der Waals surface area contributed by atoms with E-state index in [1.807, 2.05) is 67.6 Å². The Labute approximate surface area is 219 Å². The molecule has 7 heteroatoms. The highest BCUT2D eigenvalue weighted by Gasteiger charge is 2.34. The summed E-state index contributed by atoms with van der Waals surface area (Å²) >= 11 is 0. The molecule has 4 rings (SSSR count). The molecule has 1 heterocycles. The fourth-order valence-corrected chi connectivity index (χ4v) is 4.90. The number of methoxy groups -OCH3 is 1. The normalized spacial score (nSPS) is 14.3. The van der Waals surface area contributed by atoms with Crippen LogP contribution in [0.25, 0.3) is 11.3 Å². The van der Waals surface area contributed by atoms with Gasteiger partial charge in [-0.2, -0.15) is 0 Å². The van der Waals surface area contributed by atoms with Crippen molar-refractivity contribution in [2.24, 2.45) is 0 Å². The number of nitrogens with zero attached hydrogens (tertiary/aromatic N) is 1. The first kappa shape index (κ1) is 26.5. The Bertz CT molecular complexity index is 1140. The number of ether oxygens (including phenoxy) is 2. The molecule has 37 heavy (non-hydrogen) atoms. The molecule has 0 bridgehead atoms. The quantitative estimate of drug-likeness (QED) is 0.326. The van der Waals surface area contributed by atoms with Crippen molar-refractivity contribution >= 4 is 11.8 Å². The Balaban J connectivity index is 1.66. The first-order valence-electron chi connectivity index (χ1n) is 13.2. The van der Waals surface area contributed by atoms with Gasteiger partial charge in [0.1, 0.15) is 17.5 Å². The minimum Gasteiger partial charge on any atom is -0.497 e. The van der Waals surface area contributed by atoms with Crippen LogP contribution < -0.4 is 10.1 Å². The third kappa shape index (κ3) is 6.80. The molecule has 0 aliphatic heterocycles. The first-order valence-corrected chi connectivity index (χ1v) is 13.2. The van der Waals surface area contributed by atoms with Crippen molar-refractivity contribution in [3.63, 3.8) is 0 Å². The molecule has 1 aromatic heterocycles. The lowest BCUT2D eigenvalue weighted by Crippen LogP contribution is -2.46. The van der Waals surface area contributed by atoms with Crippen molar-refractivity contribution in [2.45, 2.75) is 51.1 Å². The van der Waals surface area contributed by atoms with Gasteiger partial charge in [0.15, 0.2) is 0 Å². The highest BCUT2D eigenvalue weighted by molar-refractivity contribution is 5.97. The molecule has 0 spiro atoms. The number of amides is 2. The number of benzene rings is 2. The van der Waals surface area contributed by atoms with Crippen molar-refractivity contribution in [1.29, 1.82) is 0 Å². The maximum Gasteiger partial charge on any atom is 0.271 e. The van der Waals surface area contributed by atoms with Crippen LogP contribution in [0.4, 0.5) is 0 Å². The van der Waals surface area contributed by atoms with Crippen molar-refractivity contribution in [1.82, 2.24) is 15.2 Å². The lowest BCUT2D eigenvalue weighted by Gasteiger charge is -2.32. The number of aromatic amines is 1. The number of carbonyl (C=O) groups is 2. The predicted octanol–water partition coefficient (Wildman–Crippen LogP) is 5.36. The van der Waals surface area contributed by atoms with Crippen LogP contribution in [-0.4, -0.2) is 54.6 Å². The summed E-state index contributed by atoms with van der Waals surface area (Å²) in [6, 6.07) is 20.3. The molecule has 2 N–H and O–H groups in total. The van der Waals surface area contributed by atoms with E-state index in [0.717, 1.165) is 42.5 Å². The van der Waals surface area contributed by atoms with Crippen LogP contribution in [0.5, 0.6) is 5.75 Å². The van der Waals surface area contributed by atoms with Crippen LogP contribution >= 0.6 is 0 Å². The zero-order valence-electron chi connectivity index (χ0n) is 21.7. The molecule has 0 unspecified atom stereocenters. The van der Waals surface area contributed by atoms with E-state index in [0.29, 0.717) is 37.6 Å². The third-order valence-electron chi connectivity index (χ3n) is 6.85. The molecular weight excluding hydrogens is 466 g/mol. The predicted molar refractivity (Wildman–Crippen MR) is 145 cm³/mol. The van der Waals surface area contributed by atoms with Gasteiger partial charge in [0.25, 0.3) is 5.91 Å². The van der Waals surface area contributed by atoms with E-state index >= 15 is 0 Å². The zero-order valence-corrected chi connectivity index (χ0v) is 21.7. The molecule has 7 nitrogen and oxygen atoms in total. The summed E-state index contributed by atoms with van der Waals surface area (Å²) in [5, 5.41) is 3.22. The summed E-state index contributed by atoms with van der Waals surface area (Å²) in [4.78, 5) is 32.7. The first-order chi connectivity index (χ1) is 18.1. The summed E-state index contributed by atoms with van der Waals surface area (Å²) in [6.45, 7) is 3.45. The smallest absolute Gasteiger partial charge is 0.271 e. The summed E-state index contributed by atoms with van der Waals surface area (Å²) in [7, 11) is 1.61. The van der Waals surface area contributed by atoms with Gasteiger partial charge >= 0.3 is 0 Å². The highest BCUT2D eigenvalue weighted by Crippen LogP contribution is 2.28. The zero-order chi connectivity index (χ0) is 26.0. The van der Waals surface area contributed by atoms with Gasteiger partial charge in [-0.15, -0.1) is 0 Å². The van der Waals surface area contributed by atoms with Gasteiger partial charge in [-0.3, -0.25) is 9.59 Å². The van der Waals surface area contributed by atoms with Gasteiger partial charge in [0.05, 0.1) is 7.11 Å². The van der Waals surface area contributed by atoms with Crippen LogP contribution in [0, 0.1) is 0 Å². The largest absolute Gasteiger partial charge is 0.497 e. The Kier molecular flexibility index (Phi) is 9.38. The Morgan fingerprint density at radius 3 is 2.43 bits per heavy atom. The fourth-order valence-electron chi connectivity index (χ4n) is 4.90. The van der Waals surface area contributed by atoms with Crippen LogP contribution in [0.2, 0.25) is 0 Å². The topological polar surface area (TPSA) is 83.7 Å². The van der Waals surface area contributed by atoms with Crippen molar-refractivity contribution in [2.75, 3.05) is 26.9 Å². The fraction of sp³-hybridized carbons (Fsp3) is 0.400. The summed E-state index contributed by atoms with van der Waals surface area (Å²) in [5.74, 6) is 0.322. The third-order valence-corrected chi connectivity index (χ3v) is 6.85. The van der Waals surface area contributed by atoms with E-state index in [1.165, 1.54) is 0 Å². The van der Waals surface area contributed by atoms with E-state index in [9.17, 15) is 9.59 Å². The summed E-state index contributed by atoms with van der Waals surface area (Å²) < 4.78 is 10.9. The van der Waals surface area contributed by atoms with Gasteiger partial charge < -0.3 is 24.7 Å². The minimum atomic E-state index is -0.774. The Hall–Kier alpha value is -3.58. The number of hydrogen-bond acceptors (Lipinski definition) is 4. The monoisotopic (exact) mass is 503 g/mol. The maximum atomic E-state index is 14.0. The number of carbonyl (C=O) groups excluding carboxylic acids is 2. The molecule has 1 fully saturated rings. The van der Waals surface area contributed by atoms with E-state index < -0.39 is 6.04 Å². The average molecular weight is 504 g/mol. The molecule has 2 aromatic carbocycles. The molecule has 1 atom stereocenters. The van der Waals surface area contributed by atoms with E-state index in [2.05, 4.69) is 10.3 Å². The van der Waals surface area contributed by atoms with Gasteiger partial charge in [-0.05, 0) is 61.6 Å². The van der Waals surface area contributed by atoms with E-state index in [4.69, 9.17) is 9.47 Å². The van der Waals surface area contributed by atoms with Gasteiger partial charge in [-0.25, -0.2) is 0 Å². The maximum absolute atomic E-state index is 14.0. The highest BCUT2D eigenvalue weighted by atomic mass is 16.5. The van der Waals surface area contributed by atoms with Crippen molar-refractivity contribution in [3.8, 4) is 17.0 Å². The Morgan fingerprint density at radius 2 is 1.76 bits per heavy atom. The van der Waals surface area contributed by atoms with E-state index in [-0.39, 0.29) is 17.9 Å². The van der Waals surface area contributed by atoms with Gasteiger partial charge in [0.2, 0.25) is 5.91 Å². The number of H-pyrrole nitrogens is 1. The molecule has 2 amide bonds. The molecule has 1 aliphatic carbocycles. The molecule has 3 aromatic rings. The molecule has 0 radical (unpaired) electrons. The lowest BCUT2D eigenvalue weighted by molar-refractivity contribution is -0.126. The second-order valence-electron chi connectivity index (χ2n) is 9.37. The van der Waals surface area contributed by atoms with Crippen LogP contribution in [-0.2, 0) is 9.53 Å². The number of nitrogens with one attached hydrogen (secondary N) is 2. The van der Waals surface area contributed by atoms with Crippen LogP contribution in [0.1, 0.15) is 61.1 Å². The lowest BCUT2D eigenvalue weighted by atomic mass is 10.0. The second kappa shape index (κ2) is 13.1. The molecule has 0 saturated heterocycles. The van der Waals surface area contributed by atoms with Gasteiger partial charge in [-0.1, -0.05) is 55.3 Å². The Morgan fingerprint density at radius 1 is 1.03 bits per heavy atom. The molecule has 196 valence electrons. The van der Waals surface area contributed by atoms with Crippen molar-refractivity contribution in [3.05, 3.63) is 78.0 Å². The molecule has 1 saturated carbocycles. The number of aromatic nitrogens is 1. The average Bonchev–Trinajstić information content (AvgIpc) is 3.63. The van der Waals surface area contributed by atoms with Crippen LogP contribution in [0.15, 0.2) is 66.7 Å². The summed E-state index contributed by atoms with van der Waals surface area (Å²) in [6.07, 6.45) is 4.78. The minimum absolute atomic E-state index is 0.142. The van der Waals surface area contributed by atoms with Gasteiger partial charge in [0, 0.05) is 31.5 Å². The molecular formula is C30H37N3O4. The number of hydrogen-bond donors (Lipinski definition) is 2. The standard InChI is InChI=1S/C30H37N3O4/c1-3-37-21-9-20-33(30(35)27-19-18-26(32-27)22-10-5-4-6-11-22)28(23-14-16-25(36-2)17-15-23)29(34)31-24-12-7-8-13-24/h4-6,10-11,14-19,24,28,32H,3,7-9,12-13,20-21H2,1-2H3,(H,31,34)/t28-/m1/s1. The van der Waals surface area contributed by atoms with Crippen molar-refractivity contribution < 1.29 is 19.1 Å².